The topological polar surface area (TPSA) is 61.0 Å². The molecule has 20 heavy (non-hydrogen) atoms. The van der Waals surface area contributed by atoms with Crippen molar-refractivity contribution in [3.8, 4) is 17.1 Å². The summed E-state index contributed by atoms with van der Waals surface area (Å²) in [6.45, 7) is 2.98. The van der Waals surface area contributed by atoms with Gasteiger partial charge >= 0.3 is 0 Å². The molecule has 1 aromatic heterocycles. The Labute approximate surface area is 120 Å². The molecular weight excluding hydrogens is 250 g/mol. The Morgan fingerprint density at radius 3 is 2.35 bits per heavy atom. The third kappa shape index (κ3) is 4.23. The van der Waals surface area contributed by atoms with E-state index in [1.165, 1.54) is 19.3 Å². The van der Waals surface area contributed by atoms with Crippen LogP contribution in [0.3, 0.4) is 0 Å². The summed E-state index contributed by atoms with van der Waals surface area (Å²) in [6, 6.07) is 7.84. The smallest absolute Gasteiger partial charge is 0.159 e. The maximum Gasteiger partial charge on any atom is 0.159 e. The second-order valence-electron chi connectivity index (χ2n) is 4.77. The lowest BCUT2D eigenvalue weighted by Crippen LogP contribution is -1.97. The van der Waals surface area contributed by atoms with Crippen LogP contribution in [0.2, 0.25) is 0 Å². The molecule has 0 aliphatic heterocycles. The van der Waals surface area contributed by atoms with Crippen molar-refractivity contribution >= 4 is 5.69 Å². The van der Waals surface area contributed by atoms with Crippen molar-refractivity contribution in [1.82, 2.24) is 9.97 Å². The Kier molecular flexibility index (Phi) is 5.35. The number of anilines is 1. The fourth-order valence-corrected chi connectivity index (χ4v) is 1.91. The number of nitrogens with zero attached hydrogens (tertiary/aromatic N) is 2. The van der Waals surface area contributed by atoms with E-state index in [1.807, 2.05) is 24.3 Å². The summed E-state index contributed by atoms with van der Waals surface area (Å²) in [6.07, 6.45) is 8.08. The van der Waals surface area contributed by atoms with Crippen molar-refractivity contribution in [3.05, 3.63) is 36.7 Å². The summed E-state index contributed by atoms with van der Waals surface area (Å²) in [5.74, 6) is 1.56. The molecule has 0 amide bonds. The van der Waals surface area contributed by atoms with Crippen molar-refractivity contribution in [3.63, 3.8) is 0 Å². The van der Waals surface area contributed by atoms with Gasteiger partial charge in [-0.25, -0.2) is 9.97 Å². The lowest BCUT2D eigenvalue weighted by molar-refractivity contribution is 0.305. The number of ether oxygens (including phenoxy) is 1. The van der Waals surface area contributed by atoms with Gasteiger partial charge in [0.2, 0.25) is 0 Å². The molecular formula is C16H21N3O. The number of unbranched alkanes of at least 4 members (excludes halogenated alkanes) is 3. The van der Waals surface area contributed by atoms with Gasteiger partial charge in [-0.15, -0.1) is 0 Å². The minimum absolute atomic E-state index is 0.570. The molecule has 0 radical (unpaired) electrons. The van der Waals surface area contributed by atoms with E-state index in [0.717, 1.165) is 24.3 Å². The molecule has 4 nitrogen and oxygen atoms in total. The Hall–Kier alpha value is -2.10. The van der Waals surface area contributed by atoms with Crippen molar-refractivity contribution in [1.29, 1.82) is 0 Å². The molecule has 2 aromatic rings. The first-order valence-corrected chi connectivity index (χ1v) is 7.10. The molecule has 106 valence electrons. The third-order valence-corrected chi connectivity index (χ3v) is 3.05. The third-order valence-electron chi connectivity index (χ3n) is 3.05. The summed E-state index contributed by atoms with van der Waals surface area (Å²) in [4.78, 5) is 8.39. The van der Waals surface area contributed by atoms with E-state index in [-0.39, 0.29) is 0 Å². The summed E-state index contributed by atoms with van der Waals surface area (Å²) in [5, 5.41) is 0. The quantitative estimate of drug-likeness (QED) is 0.780. The van der Waals surface area contributed by atoms with E-state index < -0.39 is 0 Å². The Morgan fingerprint density at radius 2 is 1.70 bits per heavy atom. The van der Waals surface area contributed by atoms with E-state index in [1.54, 1.807) is 12.4 Å². The summed E-state index contributed by atoms with van der Waals surface area (Å²) >= 11 is 0. The Bertz CT molecular complexity index is 508. The zero-order valence-corrected chi connectivity index (χ0v) is 11.9. The molecule has 1 aromatic carbocycles. The molecule has 0 saturated heterocycles. The van der Waals surface area contributed by atoms with Crippen LogP contribution in [0.15, 0.2) is 36.7 Å². The molecule has 0 saturated carbocycles. The highest BCUT2D eigenvalue weighted by molar-refractivity contribution is 5.56. The van der Waals surface area contributed by atoms with E-state index in [0.29, 0.717) is 11.5 Å². The van der Waals surface area contributed by atoms with Gasteiger partial charge in [0.15, 0.2) is 5.82 Å². The van der Waals surface area contributed by atoms with Gasteiger partial charge in [0, 0.05) is 5.56 Å². The first-order valence-electron chi connectivity index (χ1n) is 7.10. The van der Waals surface area contributed by atoms with Crippen LogP contribution >= 0.6 is 0 Å². The van der Waals surface area contributed by atoms with Crippen LogP contribution in [-0.2, 0) is 0 Å². The molecule has 2 N–H and O–H groups in total. The van der Waals surface area contributed by atoms with Crippen molar-refractivity contribution in [2.75, 3.05) is 12.3 Å². The average Bonchev–Trinajstić information content (AvgIpc) is 2.49. The van der Waals surface area contributed by atoms with Crippen molar-refractivity contribution in [2.24, 2.45) is 0 Å². The molecule has 4 heteroatoms. The number of nitrogen functional groups attached to an aromatic ring is 1. The monoisotopic (exact) mass is 271 g/mol. The lowest BCUT2D eigenvalue weighted by Gasteiger charge is -2.06. The van der Waals surface area contributed by atoms with Gasteiger partial charge in [0.05, 0.1) is 24.7 Å². The average molecular weight is 271 g/mol. The highest BCUT2D eigenvalue weighted by atomic mass is 16.5. The summed E-state index contributed by atoms with van der Waals surface area (Å²) in [7, 11) is 0. The van der Waals surface area contributed by atoms with Gasteiger partial charge in [0.1, 0.15) is 5.75 Å². The predicted molar refractivity (Wildman–Crippen MR) is 81.5 cm³/mol. The minimum atomic E-state index is 0.570. The molecule has 0 aliphatic rings. The number of hydrogen-bond donors (Lipinski definition) is 1. The summed E-state index contributed by atoms with van der Waals surface area (Å²) in [5.41, 5.74) is 7.10. The molecule has 0 atom stereocenters. The maximum absolute atomic E-state index is 5.70. The number of rotatable bonds is 7. The first kappa shape index (κ1) is 14.3. The fourth-order valence-electron chi connectivity index (χ4n) is 1.91. The van der Waals surface area contributed by atoms with Crippen LogP contribution in [0, 0.1) is 0 Å². The van der Waals surface area contributed by atoms with Crippen LogP contribution in [-0.4, -0.2) is 16.6 Å². The lowest BCUT2D eigenvalue weighted by atomic mass is 10.2. The predicted octanol–water partition coefficient (Wildman–Crippen LogP) is 3.68. The summed E-state index contributed by atoms with van der Waals surface area (Å²) < 4.78 is 5.70. The molecule has 0 aliphatic carbocycles. The van der Waals surface area contributed by atoms with Crippen molar-refractivity contribution in [2.45, 2.75) is 32.6 Å². The van der Waals surface area contributed by atoms with Gasteiger partial charge in [-0.3, -0.25) is 0 Å². The van der Waals surface area contributed by atoms with E-state index >= 15 is 0 Å². The standard InChI is InChI=1S/C16H21N3O/c1-2-3-4-5-10-20-15-8-6-13(7-9-15)16-18-11-14(17)12-19-16/h6-9,11-12H,2-5,10,17H2,1H3. The molecule has 0 bridgehead atoms. The molecule has 0 spiro atoms. The van der Waals surface area contributed by atoms with Gasteiger partial charge in [-0.2, -0.15) is 0 Å². The second-order valence-corrected chi connectivity index (χ2v) is 4.77. The van der Waals surface area contributed by atoms with Gasteiger partial charge in [-0.1, -0.05) is 26.2 Å². The Balaban J connectivity index is 1.88. The van der Waals surface area contributed by atoms with Gasteiger partial charge in [-0.05, 0) is 30.7 Å². The molecule has 0 fully saturated rings. The Morgan fingerprint density at radius 1 is 1.00 bits per heavy atom. The van der Waals surface area contributed by atoms with Crippen LogP contribution < -0.4 is 10.5 Å². The van der Waals surface area contributed by atoms with Crippen LogP contribution in [0.1, 0.15) is 32.6 Å². The molecule has 1 heterocycles. The van der Waals surface area contributed by atoms with E-state index in [2.05, 4.69) is 16.9 Å². The first-order chi connectivity index (χ1) is 9.79. The van der Waals surface area contributed by atoms with Crippen LogP contribution in [0.25, 0.3) is 11.4 Å². The highest BCUT2D eigenvalue weighted by Crippen LogP contribution is 2.19. The minimum Gasteiger partial charge on any atom is -0.494 e. The molecule has 0 unspecified atom stereocenters. The second kappa shape index (κ2) is 7.48. The normalized spacial score (nSPS) is 10.4. The zero-order valence-electron chi connectivity index (χ0n) is 11.9. The number of hydrogen-bond acceptors (Lipinski definition) is 4. The number of aromatic nitrogens is 2. The van der Waals surface area contributed by atoms with Gasteiger partial charge < -0.3 is 10.5 Å². The van der Waals surface area contributed by atoms with E-state index in [9.17, 15) is 0 Å². The SMILES string of the molecule is CCCCCCOc1ccc(-c2ncc(N)cn2)cc1. The van der Waals surface area contributed by atoms with E-state index in [4.69, 9.17) is 10.5 Å². The fraction of sp³-hybridized carbons (Fsp3) is 0.375. The van der Waals surface area contributed by atoms with Crippen molar-refractivity contribution < 1.29 is 4.74 Å². The molecule has 2 rings (SSSR count). The zero-order chi connectivity index (χ0) is 14.2. The van der Waals surface area contributed by atoms with Crippen LogP contribution in [0.5, 0.6) is 5.75 Å². The highest BCUT2D eigenvalue weighted by Gasteiger charge is 2.01. The number of nitrogens with two attached hydrogens (primary N) is 1. The largest absolute Gasteiger partial charge is 0.494 e. The van der Waals surface area contributed by atoms with Crippen LogP contribution in [0.4, 0.5) is 5.69 Å². The maximum atomic E-state index is 5.70. The number of benzene rings is 1. The van der Waals surface area contributed by atoms with Gasteiger partial charge in [0.25, 0.3) is 0 Å².